The molecule has 3 rings (SSSR count). The highest BCUT2D eigenvalue weighted by Gasteiger charge is 2.22. The monoisotopic (exact) mass is 316 g/mol. The van der Waals surface area contributed by atoms with Gasteiger partial charge in [-0.3, -0.25) is 0 Å². The minimum Gasteiger partial charge on any atom is -0.338 e. The molecular weight excluding hydrogens is 296 g/mol. The maximum atomic E-state index is 8.84. The smallest absolute Gasteiger partial charge is 0.243 e. The maximum absolute atomic E-state index is 8.84. The van der Waals surface area contributed by atoms with E-state index in [1.165, 1.54) is 32.1 Å². The number of nitrogens with one attached hydrogen (secondary N) is 1. The summed E-state index contributed by atoms with van der Waals surface area (Å²) in [5, 5.41) is 18.2. The van der Waals surface area contributed by atoms with Gasteiger partial charge in [-0.05, 0) is 25.8 Å². The van der Waals surface area contributed by atoms with Gasteiger partial charge in [0.15, 0.2) is 5.82 Å². The fourth-order valence-electron chi connectivity index (χ4n) is 2.82. The van der Waals surface area contributed by atoms with E-state index >= 15 is 0 Å². The van der Waals surface area contributed by atoms with Crippen LogP contribution in [0.2, 0.25) is 0 Å². The fourth-order valence-corrected chi connectivity index (χ4v) is 3.58. The zero-order chi connectivity index (χ0) is 15.4. The molecular formula is C16H20N4OS. The molecule has 2 heterocycles. The zero-order valence-electron chi connectivity index (χ0n) is 12.7. The first kappa shape index (κ1) is 15.2. The Bertz CT molecular complexity index is 651. The highest BCUT2D eigenvalue weighted by atomic mass is 32.1. The van der Waals surface area contributed by atoms with E-state index in [0.29, 0.717) is 23.9 Å². The highest BCUT2D eigenvalue weighted by Crippen LogP contribution is 2.31. The van der Waals surface area contributed by atoms with Gasteiger partial charge in [-0.25, -0.2) is 0 Å². The fraction of sp³-hybridized carbons (Fsp3) is 0.562. The summed E-state index contributed by atoms with van der Waals surface area (Å²) in [7, 11) is 0. The van der Waals surface area contributed by atoms with Crippen molar-refractivity contribution in [3.63, 3.8) is 0 Å². The maximum Gasteiger partial charge on any atom is 0.243 e. The van der Waals surface area contributed by atoms with Crippen molar-refractivity contribution in [1.29, 1.82) is 5.26 Å². The molecule has 1 fully saturated rings. The average Bonchev–Trinajstić information content (AvgIpc) is 3.22. The number of hydrogen-bond acceptors (Lipinski definition) is 6. The number of hydrogen-bond donors (Lipinski definition) is 1. The lowest BCUT2D eigenvalue weighted by atomic mass is 9.89. The molecule has 0 bridgehead atoms. The Morgan fingerprint density at radius 2 is 2.27 bits per heavy atom. The molecule has 2 aromatic heterocycles. The van der Waals surface area contributed by atoms with Gasteiger partial charge in [-0.2, -0.15) is 10.2 Å². The van der Waals surface area contributed by atoms with E-state index in [1.807, 2.05) is 18.4 Å². The van der Waals surface area contributed by atoms with Crippen molar-refractivity contribution < 1.29 is 4.52 Å². The van der Waals surface area contributed by atoms with Gasteiger partial charge in [0, 0.05) is 22.7 Å². The van der Waals surface area contributed by atoms with E-state index < -0.39 is 0 Å². The normalized spacial score (nSPS) is 17.3. The van der Waals surface area contributed by atoms with Crippen molar-refractivity contribution >= 4 is 11.3 Å². The molecule has 0 aromatic carbocycles. The zero-order valence-corrected chi connectivity index (χ0v) is 13.5. The van der Waals surface area contributed by atoms with E-state index in [4.69, 9.17) is 9.78 Å². The largest absolute Gasteiger partial charge is 0.338 e. The lowest BCUT2D eigenvalue weighted by Crippen LogP contribution is -2.18. The van der Waals surface area contributed by atoms with Crippen molar-refractivity contribution in [3.05, 3.63) is 33.6 Å². The average molecular weight is 316 g/mol. The first-order valence-electron chi connectivity index (χ1n) is 7.80. The molecule has 116 valence electrons. The predicted molar refractivity (Wildman–Crippen MR) is 84.4 cm³/mol. The Kier molecular flexibility index (Phi) is 4.86. The van der Waals surface area contributed by atoms with Gasteiger partial charge in [0.25, 0.3) is 0 Å². The third-order valence-corrected chi connectivity index (χ3v) is 5.10. The predicted octanol–water partition coefficient (Wildman–Crippen LogP) is 3.90. The van der Waals surface area contributed by atoms with Crippen LogP contribution in [0.1, 0.15) is 73.1 Å². The Morgan fingerprint density at radius 3 is 3.00 bits per heavy atom. The first-order valence-corrected chi connectivity index (χ1v) is 8.68. The van der Waals surface area contributed by atoms with Crippen molar-refractivity contribution in [1.82, 2.24) is 15.5 Å². The van der Waals surface area contributed by atoms with Crippen LogP contribution in [0.5, 0.6) is 0 Å². The molecule has 1 N–H and O–H groups in total. The van der Waals surface area contributed by atoms with E-state index in [1.54, 1.807) is 11.3 Å². The third kappa shape index (κ3) is 3.54. The van der Waals surface area contributed by atoms with Gasteiger partial charge in [-0.1, -0.05) is 24.4 Å². The summed E-state index contributed by atoms with van der Waals surface area (Å²) in [6, 6.07) is 4.07. The minimum absolute atomic E-state index is 0.0116. The van der Waals surface area contributed by atoms with Crippen LogP contribution in [0.3, 0.4) is 0 Å². The quantitative estimate of drug-likeness (QED) is 0.905. The Balaban J connectivity index is 1.56. The molecule has 5 nitrogen and oxygen atoms in total. The van der Waals surface area contributed by atoms with Crippen LogP contribution in [-0.4, -0.2) is 10.1 Å². The molecule has 22 heavy (non-hydrogen) atoms. The Hall–Kier alpha value is -1.71. The number of nitriles is 1. The second-order valence-corrected chi connectivity index (χ2v) is 6.84. The summed E-state index contributed by atoms with van der Waals surface area (Å²) < 4.78 is 5.42. The molecule has 0 saturated heterocycles. The molecule has 1 atom stereocenters. The van der Waals surface area contributed by atoms with E-state index in [9.17, 15) is 0 Å². The number of nitrogens with zero attached hydrogens (tertiary/aromatic N) is 3. The summed E-state index contributed by atoms with van der Waals surface area (Å²) in [5.74, 6) is 1.98. The Labute approximate surface area is 134 Å². The molecule has 0 amide bonds. The van der Waals surface area contributed by atoms with Crippen LogP contribution >= 0.6 is 11.3 Å². The summed E-state index contributed by atoms with van der Waals surface area (Å²) in [5.41, 5.74) is 0.715. The summed E-state index contributed by atoms with van der Waals surface area (Å²) in [4.78, 5) is 5.71. The lowest BCUT2D eigenvalue weighted by molar-refractivity contribution is 0.329. The van der Waals surface area contributed by atoms with Gasteiger partial charge < -0.3 is 9.84 Å². The number of rotatable bonds is 5. The molecule has 0 aliphatic heterocycles. The number of thiophene rings is 1. The van der Waals surface area contributed by atoms with Gasteiger partial charge in [0.2, 0.25) is 5.89 Å². The van der Waals surface area contributed by atoms with Crippen LogP contribution in [0.25, 0.3) is 0 Å². The van der Waals surface area contributed by atoms with E-state index in [-0.39, 0.29) is 6.04 Å². The van der Waals surface area contributed by atoms with Gasteiger partial charge in [-0.15, -0.1) is 11.3 Å². The highest BCUT2D eigenvalue weighted by molar-refractivity contribution is 7.10. The second kappa shape index (κ2) is 7.03. The molecule has 1 aliphatic carbocycles. The first-order chi connectivity index (χ1) is 10.8. The standard InChI is InChI=1S/C16H20N4OS/c1-11(18-9-14-7-12(8-17)10-22-14)16-19-15(20-21-16)13-5-3-2-4-6-13/h7,10-11,13,18H,2-6,9H2,1H3. The van der Waals surface area contributed by atoms with Crippen molar-refractivity contribution in [2.45, 2.75) is 57.5 Å². The molecule has 1 unspecified atom stereocenters. The molecule has 1 aliphatic rings. The van der Waals surface area contributed by atoms with Crippen LogP contribution in [0, 0.1) is 11.3 Å². The summed E-state index contributed by atoms with van der Waals surface area (Å²) in [6.45, 7) is 2.73. The van der Waals surface area contributed by atoms with Crippen molar-refractivity contribution in [2.24, 2.45) is 0 Å². The molecule has 1 saturated carbocycles. The molecule has 6 heteroatoms. The molecule has 2 aromatic rings. The van der Waals surface area contributed by atoms with Gasteiger partial charge >= 0.3 is 0 Å². The summed E-state index contributed by atoms with van der Waals surface area (Å²) in [6.07, 6.45) is 6.20. The third-order valence-electron chi connectivity index (χ3n) is 4.16. The van der Waals surface area contributed by atoms with Crippen molar-refractivity contribution in [2.75, 3.05) is 0 Å². The molecule has 0 spiro atoms. The summed E-state index contributed by atoms with van der Waals surface area (Å²) >= 11 is 1.59. The van der Waals surface area contributed by atoms with E-state index in [0.717, 1.165) is 10.7 Å². The van der Waals surface area contributed by atoms with Crippen LogP contribution in [0.15, 0.2) is 16.0 Å². The van der Waals surface area contributed by atoms with Crippen LogP contribution in [0.4, 0.5) is 0 Å². The van der Waals surface area contributed by atoms with Crippen LogP contribution < -0.4 is 5.32 Å². The van der Waals surface area contributed by atoms with Crippen LogP contribution in [-0.2, 0) is 6.54 Å². The van der Waals surface area contributed by atoms with Gasteiger partial charge in [0.05, 0.1) is 11.6 Å². The minimum atomic E-state index is 0.0116. The lowest BCUT2D eigenvalue weighted by Gasteiger charge is -2.17. The van der Waals surface area contributed by atoms with E-state index in [2.05, 4.69) is 21.5 Å². The molecule has 0 radical (unpaired) electrons. The topological polar surface area (TPSA) is 74.7 Å². The van der Waals surface area contributed by atoms with Gasteiger partial charge in [0.1, 0.15) is 6.07 Å². The second-order valence-electron chi connectivity index (χ2n) is 5.84. The van der Waals surface area contributed by atoms with Crippen molar-refractivity contribution in [3.8, 4) is 6.07 Å². The Morgan fingerprint density at radius 1 is 1.45 bits per heavy atom. The SMILES string of the molecule is CC(NCc1cc(C#N)cs1)c1nc(C2CCCCC2)no1. The number of aromatic nitrogens is 2.